The van der Waals surface area contributed by atoms with Crippen LogP contribution >= 0.6 is 11.8 Å². The summed E-state index contributed by atoms with van der Waals surface area (Å²) in [6.07, 6.45) is 6.48. The highest BCUT2D eigenvalue weighted by atomic mass is 32.2. The van der Waals surface area contributed by atoms with Crippen molar-refractivity contribution >= 4 is 23.4 Å². The number of anilines is 1. The Kier molecular flexibility index (Phi) is 4.57. The lowest BCUT2D eigenvalue weighted by Gasteiger charge is -2.02. The molecule has 4 N–H and O–H groups in total. The van der Waals surface area contributed by atoms with E-state index in [-0.39, 0.29) is 5.91 Å². The lowest BCUT2D eigenvalue weighted by Crippen LogP contribution is -2.26. The van der Waals surface area contributed by atoms with E-state index in [4.69, 9.17) is 12.2 Å². The van der Waals surface area contributed by atoms with Crippen LogP contribution in [0.2, 0.25) is 0 Å². The fourth-order valence-electron chi connectivity index (χ4n) is 0.934. The van der Waals surface area contributed by atoms with Crippen molar-refractivity contribution in [3.05, 3.63) is 11.9 Å². The Morgan fingerprint density at radius 2 is 2.60 bits per heavy atom. The Morgan fingerprint density at radius 1 is 1.80 bits per heavy atom. The van der Waals surface area contributed by atoms with Crippen LogP contribution in [0.25, 0.3) is 0 Å². The molecule has 6 heteroatoms. The summed E-state index contributed by atoms with van der Waals surface area (Å²) in [5, 5.41) is 8.89. The van der Waals surface area contributed by atoms with Crippen LogP contribution in [0.3, 0.4) is 0 Å². The molecule has 15 heavy (non-hydrogen) atoms. The molecule has 1 heterocycles. The van der Waals surface area contributed by atoms with Gasteiger partial charge in [-0.25, -0.2) is 0 Å². The van der Waals surface area contributed by atoms with Crippen molar-refractivity contribution in [2.75, 3.05) is 23.8 Å². The molecule has 0 fully saturated rings. The van der Waals surface area contributed by atoms with Crippen LogP contribution in [0.4, 0.5) is 5.69 Å². The van der Waals surface area contributed by atoms with Gasteiger partial charge in [0.05, 0.1) is 17.6 Å². The molecule has 0 aliphatic carbocycles. The van der Waals surface area contributed by atoms with Gasteiger partial charge < -0.3 is 11.1 Å². The predicted octanol–water partition coefficient (Wildman–Crippen LogP) is 0.0881. The average molecular weight is 224 g/mol. The Balaban J connectivity index is 2.26. The number of thioether (sulfide) groups is 1. The molecule has 1 aromatic heterocycles. The van der Waals surface area contributed by atoms with Gasteiger partial charge in [-0.1, -0.05) is 5.92 Å². The summed E-state index contributed by atoms with van der Waals surface area (Å²) in [6, 6.07) is 0. The molecule has 0 atom stereocenters. The second-order valence-corrected chi connectivity index (χ2v) is 3.82. The van der Waals surface area contributed by atoms with Crippen LogP contribution < -0.4 is 11.1 Å². The van der Waals surface area contributed by atoms with E-state index in [1.807, 2.05) is 0 Å². The van der Waals surface area contributed by atoms with Gasteiger partial charge in [-0.15, -0.1) is 18.2 Å². The SMILES string of the molecule is C#CCSCCNC(=O)c1[nH]ncc1N. The van der Waals surface area contributed by atoms with Crippen molar-refractivity contribution in [3.63, 3.8) is 0 Å². The van der Waals surface area contributed by atoms with Crippen molar-refractivity contribution in [1.29, 1.82) is 0 Å². The molecule has 0 spiro atoms. The Bertz CT molecular complexity index is 368. The monoisotopic (exact) mass is 224 g/mol. The lowest BCUT2D eigenvalue weighted by atomic mass is 10.3. The maximum absolute atomic E-state index is 11.4. The smallest absolute Gasteiger partial charge is 0.271 e. The van der Waals surface area contributed by atoms with Crippen LogP contribution in [0.5, 0.6) is 0 Å². The number of terminal acetylenes is 1. The number of hydrogen-bond acceptors (Lipinski definition) is 4. The number of aromatic amines is 1. The van der Waals surface area contributed by atoms with Crippen LogP contribution in [0, 0.1) is 12.3 Å². The number of carbonyl (C=O) groups excluding carboxylic acids is 1. The molecule has 0 radical (unpaired) electrons. The third kappa shape index (κ3) is 3.56. The van der Waals surface area contributed by atoms with Gasteiger partial charge in [0.2, 0.25) is 0 Å². The van der Waals surface area contributed by atoms with Gasteiger partial charge in [0.1, 0.15) is 5.69 Å². The standard InChI is InChI=1S/C9H12N4OS/c1-2-4-15-5-3-11-9(14)8-7(10)6-12-13-8/h1,6H,3-5,10H2,(H,11,14)(H,12,13). The topological polar surface area (TPSA) is 83.8 Å². The fraction of sp³-hybridized carbons (Fsp3) is 0.333. The number of rotatable bonds is 5. The zero-order chi connectivity index (χ0) is 11.1. The lowest BCUT2D eigenvalue weighted by molar-refractivity contribution is 0.0952. The minimum absolute atomic E-state index is 0.244. The number of H-pyrrole nitrogens is 1. The van der Waals surface area contributed by atoms with E-state index in [9.17, 15) is 4.79 Å². The third-order valence-electron chi connectivity index (χ3n) is 1.61. The van der Waals surface area contributed by atoms with Crippen molar-refractivity contribution in [2.45, 2.75) is 0 Å². The summed E-state index contributed by atoms with van der Waals surface area (Å²) in [4.78, 5) is 11.4. The van der Waals surface area contributed by atoms with Crippen molar-refractivity contribution in [2.24, 2.45) is 0 Å². The largest absolute Gasteiger partial charge is 0.396 e. The van der Waals surface area contributed by atoms with Gasteiger partial charge in [0.15, 0.2) is 0 Å². The summed E-state index contributed by atoms with van der Waals surface area (Å²) in [5.41, 5.74) is 6.16. The summed E-state index contributed by atoms with van der Waals surface area (Å²) in [6.45, 7) is 0.559. The van der Waals surface area contributed by atoms with Crippen molar-refractivity contribution in [1.82, 2.24) is 15.5 Å². The van der Waals surface area contributed by atoms with E-state index in [1.165, 1.54) is 6.20 Å². The van der Waals surface area contributed by atoms with E-state index in [2.05, 4.69) is 21.4 Å². The number of amides is 1. The first-order valence-corrected chi connectivity index (χ1v) is 5.49. The molecule has 0 bridgehead atoms. The Labute approximate surface area is 92.2 Å². The summed E-state index contributed by atoms with van der Waals surface area (Å²) in [5.74, 6) is 3.70. The van der Waals surface area contributed by atoms with Crippen LogP contribution in [-0.2, 0) is 0 Å². The fourth-order valence-corrected chi connectivity index (χ4v) is 1.44. The minimum atomic E-state index is -0.244. The van der Waals surface area contributed by atoms with E-state index in [1.54, 1.807) is 11.8 Å². The molecule has 1 rings (SSSR count). The van der Waals surface area contributed by atoms with Crippen LogP contribution in [0.15, 0.2) is 6.20 Å². The van der Waals surface area contributed by atoms with E-state index in [0.717, 1.165) is 5.75 Å². The molecular weight excluding hydrogens is 212 g/mol. The predicted molar refractivity (Wildman–Crippen MR) is 61.5 cm³/mol. The number of hydrogen-bond donors (Lipinski definition) is 3. The zero-order valence-corrected chi connectivity index (χ0v) is 8.93. The van der Waals surface area contributed by atoms with E-state index >= 15 is 0 Å². The molecule has 5 nitrogen and oxygen atoms in total. The molecule has 80 valence electrons. The molecule has 1 amide bonds. The number of nitrogens with one attached hydrogen (secondary N) is 2. The normalized spacial score (nSPS) is 9.53. The molecule has 0 unspecified atom stereocenters. The second-order valence-electron chi connectivity index (χ2n) is 2.71. The van der Waals surface area contributed by atoms with Crippen LogP contribution in [0.1, 0.15) is 10.5 Å². The maximum Gasteiger partial charge on any atom is 0.271 e. The molecular formula is C9H12N4OS. The second kappa shape index (κ2) is 5.98. The first-order chi connectivity index (χ1) is 7.25. The number of carbonyl (C=O) groups is 1. The molecule has 1 aromatic rings. The molecule has 0 aliphatic heterocycles. The molecule has 0 saturated heterocycles. The first kappa shape index (κ1) is 11.5. The van der Waals surface area contributed by atoms with Crippen molar-refractivity contribution in [3.8, 4) is 12.3 Å². The summed E-state index contributed by atoms with van der Waals surface area (Å²) in [7, 11) is 0. The van der Waals surface area contributed by atoms with Gasteiger partial charge in [0, 0.05) is 12.3 Å². The van der Waals surface area contributed by atoms with Crippen LogP contribution in [-0.4, -0.2) is 34.2 Å². The highest BCUT2D eigenvalue weighted by molar-refractivity contribution is 7.99. The van der Waals surface area contributed by atoms with Gasteiger partial charge in [0.25, 0.3) is 5.91 Å². The highest BCUT2D eigenvalue weighted by Gasteiger charge is 2.10. The van der Waals surface area contributed by atoms with Gasteiger partial charge in [-0.05, 0) is 0 Å². The molecule has 0 aliphatic rings. The average Bonchev–Trinajstić information content (AvgIpc) is 2.64. The number of nitrogens with zero attached hydrogens (tertiary/aromatic N) is 1. The molecule has 0 saturated carbocycles. The maximum atomic E-state index is 11.4. The Hall–Kier alpha value is -1.61. The third-order valence-corrected chi connectivity index (χ3v) is 2.48. The summed E-state index contributed by atoms with van der Waals surface area (Å²) >= 11 is 1.59. The van der Waals surface area contributed by atoms with Gasteiger partial charge >= 0.3 is 0 Å². The zero-order valence-electron chi connectivity index (χ0n) is 8.12. The van der Waals surface area contributed by atoms with Crippen molar-refractivity contribution < 1.29 is 4.79 Å². The first-order valence-electron chi connectivity index (χ1n) is 4.34. The molecule has 0 aromatic carbocycles. The minimum Gasteiger partial charge on any atom is -0.396 e. The van der Waals surface area contributed by atoms with E-state index in [0.29, 0.717) is 23.7 Å². The van der Waals surface area contributed by atoms with E-state index < -0.39 is 0 Å². The highest BCUT2D eigenvalue weighted by Crippen LogP contribution is 2.05. The van der Waals surface area contributed by atoms with Gasteiger partial charge in [-0.3, -0.25) is 9.89 Å². The number of nitrogens with two attached hydrogens (primary N) is 1. The number of aromatic nitrogens is 2. The Morgan fingerprint density at radius 3 is 3.20 bits per heavy atom. The quantitative estimate of drug-likeness (QED) is 0.489. The number of nitrogen functional groups attached to an aromatic ring is 1. The summed E-state index contributed by atoms with van der Waals surface area (Å²) < 4.78 is 0. The van der Waals surface area contributed by atoms with Gasteiger partial charge in [-0.2, -0.15) is 5.10 Å².